The van der Waals surface area contributed by atoms with E-state index in [0.717, 1.165) is 21.3 Å². The van der Waals surface area contributed by atoms with Crippen molar-refractivity contribution in [3.63, 3.8) is 0 Å². The maximum Gasteiger partial charge on any atom is 0.148 e. The first-order valence-electron chi connectivity index (χ1n) is 5.89. The molecule has 0 unspecified atom stereocenters. The zero-order chi connectivity index (χ0) is 14.2. The highest BCUT2D eigenvalue weighted by molar-refractivity contribution is 7.11. The molecule has 2 aromatic rings. The quantitative estimate of drug-likeness (QED) is 0.906. The fourth-order valence-electron chi connectivity index (χ4n) is 1.62. The van der Waals surface area contributed by atoms with Gasteiger partial charge in [0.15, 0.2) is 0 Å². The number of aromatic nitrogens is 2. The monoisotopic (exact) mass is 298 g/mol. The van der Waals surface area contributed by atoms with E-state index >= 15 is 0 Å². The van der Waals surface area contributed by atoms with E-state index in [2.05, 4.69) is 9.36 Å². The first-order valence-corrected chi connectivity index (χ1v) is 7.54. The molecule has 2 rings (SSSR count). The van der Waals surface area contributed by atoms with Gasteiger partial charge in [0.25, 0.3) is 0 Å². The summed E-state index contributed by atoms with van der Waals surface area (Å²) >= 11 is 2.92. The molecule has 19 heavy (non-hydrogen) atoms. The Hall–Kier alpha value is -1.18. The normalized spacial score (nSPS) is 11.8. The molecule has 7 heteroatoms. The SMILES string of the molecule is Cc1nc(-c2c(N)nsc2N(C)C(C)(C)CO)cs1. The highest BCUT2D eigenvalue weighted by Gasteiger charge is 2.28. The number of hydrogen-bond donors (Lipinski definition) is 2. The second-order valence-corrected chi connectivity index (χ2v) is 6.84. The van der Waals surface area contributed by atoms with Gasteiger partial charge < -0.3 is 15.7 Å². The number of aliphatic hydroxyl groups is 1. The number of nitrogens with two attached hydrogens (primary N) is 1. The van der Waals surface area contributed by atoms with Gasteiger partial charge in [-0.05, 0) is 32.3 Å². The van der Waals surface area contributed by atoms with Gasteiger partial charge in [-0.2, -0.15) is 4.37 Å². The molecule has 5 nitrogen and oxygen atoms in total. The topological polar surface area (TPSA) is 75.3 Å². The molecule has 0 aliphatic rings. The van der Waals surface area contributed by atoms with Crippen LogP contribution in [0.5, 0.6) is 0 Å². The fraction of sp³-hybridized carbons (Fsp3) is 0.500. The lowest BCUT2D eigenvalue weighted by atomic mass is 10.0. The number of nitrogens with zero attached hydrogens (tertiary/aromatic N) is 3. The molecule has 2 aromatic heterocycles. The van der Waals surface area contributed by atoms with Crippen molar-refractivity contribution >= 4 is 33.7 Å². The maximum atomic E-state index is 9.50. The second kappa shape index (κ2) is 5.07. The molecule has 0 aromatic carbocycles. The van der Waals surface area contributed by atoms with Crippen molar-refractivity contribution in [1.29, 1.82) is 0 Å². The summed E-state index contributed by atoms with van der Waals surface area (Å²) in [7, 11) is 1.94. The fourth-order valence-corrected chi connectivity index (χ4v) is 3.17. The lowest BCUT2D eigenvalue weighted by Gasteiger charge is -2.34. The lowest BCUT2D eigenvalue weighted by Crippen LogP contribution is -2.44. The summed E-state index contributed by atoms with van der Waals surface area (Å²) in [4.78, 5) is 6.49. The third-order valence-corrected chi connectivity index (χ3v) is 4.89. The van der Waals surface area contributed by atoms with Gasteiger partial charge in [-0.25, -0.2) is 4.98 Å². The minimum atomic E-state index is -0.376. The molecule has 0 aliphatic heterocycles. The average Bonchev–Trinajstić information content (AvgIpc) is 2.94. The van der Waals surface area contributed by atoms with Crippen molar-refractivity contribution in [3.8, 4) is 11.3 Å². The van der Waals surface area contributed by atoms with Gasteiger partial charge in [0, 0.05) is 12.4 Å². The Morgan fingerprint density at radius 1 is 1.47 bits per heavy atom. The summed E-state index contributed by atoms with van der Waals surface area (Å²) in [5, 5.41) is 13.4. The Morgan fingerprint density at radius 2 is 2.16 bits per heavy atom. The number of aryl methyl sites for hydroxylation is 1. The second-order valence-electron chi connectivity index (χ2n) is 5.03. The highest BCUT2D eigenvalue weighted by atomic mass is 32.1. The van der Waals surface area contributed by atoms with Crippen molar-refractivity contribution in [2.75, 3.05) is 24.3 Å². The molecule has 0 fully saturated rings. The van der Waals surface area contributed by atoms with Crippen LogP contribution in [0.1, 0.15) is 18.9 Å². The average molecular weight is 298 g/mol. The molecule has 0 saturated heterocycles. The number of aliphatic hydroxyl groups excluding tert-OH is 1. The van der Waals surface area contributed by atoms with Crippen molar-refractivity contribution in [2.45, 2.75) is 26.3 Å². The maximum absolute atomic E-state index is 9.50. The highest BCUT2D eigenvalue weighted by Crippen LogP contribution is 2.41. The predicted molar refractivity (Wildman–Crippen MR) is 81.9 cm³/mol. The Labute approximate surface area is 120 Å². The minimum absolute atomic E-state index is 0.0524. The van der Waals surface area contributed by atoms with Gasteiger partial charge in [-0.15, -0.1) is 11.3 Å². The van der Waals surface area contributed by atoms with E-state index in [1.54, 1.807) is 11.3 Å². The number of rotatable bonds is 4. The summed E-state index contributed by atoms with van der Waals surface area (Å²) in [6, 6.07) is 0. The van der Waals surface area contributed by atoms with E-state index in [1.807, 2.05) is 38.1 Å². The standard InChI is InChI=1S/C12H18N4OS2/c1-7-14-8(5-18-7)9-10(13)15-19-11(9)16(4)12(2,3)6-17/h5,17H,6H2,1-4H3,(H2,13,15). The molecule has 0 saturated carbocycles. The van der Waals surface area contributed by atoms with Crippen LogP contribution in [-0.2, 0) is 0 Å². The van der Waals surface area contributed by atoms with Crippen molar-refractivity contribution in [2.24, 2.45) is 0 Å². The largest absolute Gasteiger partial charge is 0.394 e. The Balaban J connectivity index is 2.49. The van der Waals surface area contributed by atoms with E-state index < -0.39 is 0 Å². The van der Waals surface area contributed by atoms with Gasteiger partial charge in [0.1, 0.15) is 10.8 Å². The third-order valence-electron chi connectivity index (χ3n) is 3.18. The van der Waals surface area contributed by atoms with Crippen LogP contribution >= 0.6 is 22.9 Å². The van der Waals surface area contributed by atoms with E-state index in [4.69, 9.17) is 5.73 Å². The third kappa shape index (κ3) is 2.58. The number of hydrogen-bond acceptors (Lipinski definition) is 7. The van der Waals surface area contributed by atoms with Crippen LogP contribution in [0.4, 0.5) is 10.8 Å². The molecule has 0 radical (unpaired) electrons. The van der Waals surface area contributed by atoms with Crippen LogP contribution in [0.3, 0.4) is 0 Å². The van der Waals surface area contributed by atoms with E-state index in [-0.39, 0.29) is 12.1 Å². The van der Waals surface area contributed by atoms with E-state index in [0.29, 0.717) is 5.82 Å². The zero-order valence-corrected chi connectivity index (χ0v) is 13.1. The van der Waals surface area contributed by atoms with Crippen molar-refractivity contribution in [1.82, 2.24) is 9.36 Å². The first-order chi connectivity index (χ1) is 8.86. The van der Waals surface area contributed by atoms with Gasteiger partial charge >= 0.3 is 0 Å². The summed E-state index contributed by atoms with van der Waals surface area (Å²) < 4.78 is 4.23. The number of likely N-dealkylation sites (N-methyl/N-ethyl adjacent to an activating group) is 1. The van der Waals surface area contributed by atoms with E-state index in [9.17, 15) is 5.11 Å². The minimum Gasteiger partial charge on any atom is -0.394 e. The van der Waals surface area contributed by atoms with E-state index in [1.165, 1.54) is 11.5 Å². The van der Waals surface area contributed by atoms with Crippen LogP contribution in [0.15, 0.2) is 5.38 Å². The van der Waals surface area contributed by atoms with Gasteiger partial charge in [-0.3, -0.25) is 0 Å². The molecule has 0 bridgehead atoms. The molecular weight excluding hydrogens is 280 g/mol. The van der Waals surface area contributed by atoms with Crippen molar-refractivity contribution in [3.05, 3.63) is 10.4 Å². The van der Waals surface area contributed by atoms with Crippen molar-refractivity contribution < 1.29 is 5.11 Å². The van der Waals surface area contributed by atoms with Crippen LogP contribution in [-0.4, -0.2) is 33.7 Å². The zero-order valence-electron chi connectivity index (χ0n) is 11.5. The van der Waals surface area contributed by atoms with Crippen LogP contribution < -0.4 is 10.6 Å². The number of anilines is 2. The molecule has 0 atom stereocenters. The van der Waals surface area contributed by atoms with Crippen LogP contribution in [0.25, 0.3) is 11.3 Å². The van der Waals surface area contributed by atoms with Gasteiger partial charge in [-0.1, -0.05) is 0 Å². The van der Waals surface area contributed by atoms with Gasteiger partial charge in [0.2, 0.25) is 0 Å². The summed E-state index contributed by atoms with van der Waals surface area (Å²) in [5.74, 6) is 0.492. The smallest absolute Gasteiger partial charge is 0.148 e. The van der Waals surface area contributed by atoms with Crippen LogP contribution in [0, 0.1) is 6.92 Å². The van der Waals surface area contributed by atoms with Gasteiger partial charge in [0.05, 0.1) is 28.4 Å². The Kier molecular flexibility index (Phi) is 3.80. The van der Waals surface area contributed by atoms with Crippen LogP contribution in [0.2, 0.25) is 0 Å². The molecule has 2 heterocycles. The Morgan fingerprint density at radius 3 is 2.68 bits per heavy atom. The lowest BCUT2D eigenvalue weighted by molar-refractivity contribution is 0.217. The molecular formula is C12H18N4OS2. The summed E-state index contributed by atoms with van der Waals surface area (Å²) in [6.07, 6.45) is 0. The molecule has 3 N–H and O–H groups in total. The summed E-state index contributed by atoms with van der Waals surface area (Å²) in [6.45, 7) is 5.96. The molecule has 104 valence electrons. The first kappa shape index (κ1) is 14.2. The predicted octanol–water partition coefficient (Wildman–Crippen LogP) is 2.36. The summed E-state index contributed by atoms with van der Waals surface area (Å²) in [5.41, 5.74) is 7.31. The molecule has 0 amide bonds. The number of thiazole rings is 1. The number of nitrogen functional groups attached to an aromatic ring is 1. The Bertz CT molecular complexity index is 576. The molecule has 0 aliphatic carbocycles. The molecule has 0 spiro atoms.